The molecule has 13 heteroatoms. The molecular formula is C35H37N5O8. The fourth-order valence-corrected chi connectivity index (χ4v) is 5.35. The fraction of sp³-hybridized carbons (Fsp3) is 0.257. The van der Waals surface area contributed by atoms with E-state index in [0.717, 1.165) is 15.7 Å². The van der Waals surface area contributed by atoms with Crippen LogP contribution in [0.3, 0.4) is 0 Å². The first-order valence-electron chi connectivity index (χ1n) is 15.2. The van der Waals surface area contributed by atoms with E-state index in [0.29, 0.717) is 17.5 Å². The van der Waals surface area contributed by atoms with Crippen molar-refractivity contribution < 1.29 is 34.2 Å². The monoisotopic (exact) mass is 655 g/mol. The quantitative estimate of drug-likeness (QED) is 0.118. The molecule has 6 N–H and O–H groups in total. The number of nitrogens with zero attached hydrogens (tertiary/aromatic N) is 1. The van der Waals surface area contributed by atoms with Gasteiger partial charge in [0.05, 0.1) is 5.52 Å². The maximum absolute atomic E-state index is 13.5. The molecule has 48 heavy (non-hydrogen) atoms. The number of rotatable bonds is 14. The molecule has 3 aromatic carbocycles. The highest BCUT2D eigenvalue weighted by Crippen LogP contribution is 2.27. The number of carboxylic acids is 1. The molecule has 13 nitrogen and oxygen atoms in total. The molecule has 0 radical (unpaired) electrons. The van der Waals surface area contributed by atoms with E-state index in [1.165, 1.54) is 20.0 Å². The molecule has 4 aromatic rings. The van der Waals surface area contributed by atoms with Crippen LogP contribution in [0.1, 0.15) is 40.4 Å². The molecule has 0 saturated heterocycles. The number of nitrogens with one attached hydrogen (secondary N) is 4. The van der Waals surface area contributed by atoms with E-state index >= 15 is 0 Å². The summed E-state index contributed by atoms with van der Waals surface area (Å²) in [5, 5.41) is 30.4. The summed E-state index contributed by atoms with van der Waals surface area (Å²) in [5.74, 6) is -4.17. The maximum atomic E-state index is 13.5. The summed E-state index contributed by atoms with van der Waals surface area (Å²) in [6.07, 6.45) is 0.558. The Bertz CT molecular complexity index is 1880. The number of amides is 4. The minimum atomic E-state index is -1.32. The van der Waals surface area contributed by atoms with Gasteiger partial charge in [0.15, 0.2) is 0 Å². The first-order valence-corrected chi connectivity index (χ1v) is 15.2. The molecule has 0 saturated carbocycles. The molecule has 0 unspecified atom stereocenters. The molecule has 250 valence electrons. The van der Waals surface area contributed by atoms with Crippen LogP contribution in [0, 0.1) is 0 Å². The van der Waals surface area contributed by atoms with Crippen LogP contribution in [0.5, 0.6) is 5.75 Å². The Morgan fingerprint density at radius 1 is 0.812 bits per heavy atom. The van der Waals surface area contributed by atoms with Gasteiger partial charge >= 0.3 is 5.97 Å². The van der Waals surface area contributed by atoms with Crippen LogP contribution in [-0.2, 0) is 45.6 Å². The number of benzene rings is 3. The summed E-state index contributed by atoms with van der Waals surface area (Å²) in [6.45, 7) is 0.608. The largest absolute Gasteiger partial charge is 0.506 e. The van der Waals surface area contributed by atoms with Crippen LogP contribution in [0.25, 0.3) is 10.9 Å². The molecule has 0 fully saturated rings. The van der Waals surface area contributed by atoms with Gasteiger partial charge in [-0.15, -0.1) is 0 Å². The van der Waals surface area contributed by atoms with Gasteiger partial charge in [-0.1, -0.05) is 66.7 Å². The molecule has 0 aliphatic rings. The smallest absolute Gasteiger partial charge is 0.322 e. The van der Waals surface area contributed by atoms with E-state index in [4.69, 9.17) is 5.11 Å². The molecule has 0 aliphatic carbocycles. The zero-order chi connectivity index (χ0) is 34.8. The standard InChI is InChI=1S/C35H37N5O8/c1-21(41)38-25(15-22-9-5-3-6-10-22)18-29(42)39-27(17-23-11-7-4-8-12-23)33(46)36-19-24-13-14-28-26(16-24)32(45)31(35(48)40(28)2)34(47)37-20-30(43)44/h3-14,16,25,27,45H,15,17-20H2,1-2H3,(H,36,46)(H,37,47)(H,38,41)(H,39,42)(H,43,44)/t25-,27-/m0/s1. The van der Waals surface area contributed by atoms with E-state index in [2.05, 4.69) is 21.3 Å². The van der Waals surface area contributed by atoms with Crippen LogP contribution in [-0.4, -0.2) is 63.0 Å². The second-order valence-electron chi connectivity index (χ2n) is 11.3. The number of aromatic hydroxyl groups is 1. The molecule has 4 amide bonds. The van der Waals surface area contributed by atoms with E-state index in [9.17, 15) is 33.9 Å². The third-order valence-corrected chi connectivity index (χ3v) is 7.63. The van der Waals surface area contributed by atoms with Gasteiger partial charge in [-0.05, 0) is 35.2 Å². The lowest BCUT2D eigenvalue weighted by molar-refractivity contribution is -0.135. The predicted molar refractivity (Wildman–Crippen MR) is 177 cm³/mol. The number of hydrogen-bond donors (Lipinski definition) is 6. The summed E-state index contributed by atoms with van der Waals surface area (Å²) in [6, 6.07) is 21.8. The summed E-state index contributed by atoms with van der Waals surface area (Å²) in [4.78, 5) is 74.9. The van der Waals surface area contributed by atoms with Crippen molar-refractivity contribution in [2.24, 2.45) is 7.05 Å². The van der Waals surface area contributed by atoms with E-state index in [-0.39, 0.29) is 30.7 Å². The Morgan fingerprint density at radius 2 is 1.44 bits per heavy atom. The molecule has 2 atom stereocenters. The fourth-order valence-electron chi connectivity index (χ4n) is 5.35. The van der Waals surface area contributed by atoms with Crippen molar-refractivity contribution in [3.63, 3.8) is 0 Å². The minimum absolute atomic E-state index is 0.0265. The predicted octanol–water partition coefficient (Wildman–Crippen LogP) is 1.54. The van der Waals surface area contributed by atoms with Gasteiger partial charge in [-0.3, -0.25) is 28.8 Å². The normalized spacial score (nSPS) is 12.0. The topological polar surface area (TPSA) is 196 Å². The average Bonchev–Trinajstić information content (AvgIpc) is 3.05. The molecule has 1 heterocycles. The molecule has 1 aromatic heterocycles. The summed E-state index contributed by atoms with van der Waals surface area (Å²) >= 11 is 0. The van der Waals surface area contributed by atoms with Crippen molar-refractivity contribution in [3.05, 3.63) is 111 Å². The second-order valence-corrected chi connectivity index (χ2v) is 11.3. The number of hydrogen-bond acceptors (Lipinski definition) is 7. The van der Waals surface area contributed by atoms with Gasteiger partial charge in [-0.25, -0.2) is 0 Å². The lowest BCUT2D eigenvalue weighted by Crippen LogP contribution is -2.49. The Balaban J connectivity index is 1.52. The number of carbonyl (C=O) groups is 5. The summed E-state index contributed by atoms with van der Waals surface area (Å²) in [5.41, 5.74) is 1.15. The highest BCUT2D eigenvalue weighted by atomic mass is 16.4. The van der Waals surface area contributed by atoms with Gasteiger partial charge in [0.2, 0.25) is 17.7 Å². The third kappa shape index (κ3) is 9.28. The number of aromatic nitrogens is 1. The lowest BCUT2D eigenvalue weighted by atomic mass is 10.0. The highest BCUT2D eigenvalue weighted by Gasteiger charge is 2.25. The Morgan fingerprint density at radius 3 is 2.04 bits per heavy atom. The molecule has 4 rings (SSSR count). The second kappa shape index (κ2) is 16.0. The summed E-state index contributed by atoms with van der Waals surface area (Å²) in [7, 11) is 1.41. The SMILES string of the molecule is CC(=O)N[C@H](CC(=O)N[C@@H](Cc1ccccc1)C(=O)NCc1ccc2c(c1)c(O)c(C(=O)NCC(=O)O)c(=O)n2C)Cc1ccccc1. The van der Waals surface area contributed by atoms with Crippen LogP contribution in [0.15, 0.2) is 83.7 Å². The average molecular weight is 656 g/mol. The van der Waals surface area contributed by atoms with Crippen molar-refractivity contribution >= 4 is 40.5 Å². The number of aliphatic carboxylic acids is 1. The molecule has 0 aliphatic heterocycles. The van der Waals surface area contributed by atoms with E-state index < -0.39 is 59.2 Å². The summed E-state index contributed by atoms with van der Waals surface area (Å²) < 4.78 is 1.16. The van der Waals surface area contributed by atoms with Crippen LogP contribution in [0.2, 0.25) is 0 Å². The van der Waals surface area contributed by atoms with E-state index in [1.807, 2.05) is 60.7 Å². The number of pyridine rings is 1. The van der Waals surface area contributed by atoms with Crippen molar-refractivity contribution in [2.45, 2.75) is 44.8 Å². The zero-order valence-corrected chi connectivity index (χ0v) is 26.5. The highest BCUT2D eigenvalue weighted by molar-refractivity contribution is 6.03. The first kappa shape index (κ1) is 34.9. The maximum Gasteiger partial charge on any atom is 0.322 e. The lowest BCUT2D eigenvalue weighted by Gasteiger charge is -2.22. The van der Waals surface area contributed by atoms with Crippen molar-refractivity contribution in [3.8, 4) is 5.75 Å². The Kier molecular flexibility index (Phi) is 11.6. The number of carboxylic acid groups (broad SMARTS) is 1. The van der Waals surface area contributed by atoms with Crippen LogP contribution >= 0.6 is 0 Å². The first-order chi connectivity index (χ1) is 22.9. The van der Waals surface area contributed by atoms with Gasteiger partial charge in [0, 0.05) is 44.8 Å². The van der Waals surface area contributed by atoms with Gasteiger partial charge in [0.25, 0.3) is 11.5 Å². The minimum Gasteiger partial charge on any atom is -0.506 e. The number of aryl methyl sites for hydroxylation is 1. The molecular weight excluding hydrogens is 618 g/mol. The van der Waals surface area contributed by atoms with Crippen molar-refractivity contribution in [2.75, 3.05) is 6.54 Å². The Hall–Kier alpha value is -5.98. The van der Waals surface area contributed by atoms with Gasteiger partial charge < -0.3 is 36.0 Å². The van der Waals surface area contributed by atoms with Crippen molar-refractivity contribution in [1.82, 2.24) is 25.8 Å². The van der Waals surface area contributed by atoms with E-state index in [1.54, 1.807) is 12.1 Å². The molecule has 0 bridgehead atoms. The zero-order valence-electron chi connectivity index (χ0n) is 26.5. The molecule has 0 spiro atoms. The van der Waals surface area contributed by atoms with Gasteiger partial charge in [-0.2, -0.15) is 0 Å². The van der Waals surface area contributed by atoms with Gasteiger partial charge in [0.1, 0.15) is 23.9 Å². The number of fused-ring (bicyclic) bond motifs is 1. The van der Waals surface area contributed by atoms with Crippen LogP contribution in [0.4, 0.5) is 0 Å². The third-order valence-electron chi connectivity index (χ3n) is 7.63. The number of carbonyl (C=O) groups excluding carboxylic acids is 4. The van der Waals surface area contributed by atoms with Crippen LogP contribution < -0.4 is 26.8 Å². The van der Waals surface area contributed by atoms with Crippen molar-refractivity contribution in [1.29, 1.82) is 0 Å². The Labute approximate surface area is 276 Å².